The minimum absolute atomic E-state index is 0.0829. The highest BCUT2D eigenvalue weighted by Gasteiger charge is 2.45. The Hall–Kier alpha value is -1.20. The lowest BCUT2D eigenvalue weighted by atomic mass is 9.87. The Morgan fingerprint density at radius 1 is 1.17 bits per heavy atom. The standard InChI is InChI=1S/C16H22NO5P/c1-15(2,3)12-4-6-13(7-5-12)17-14(18)19-8-16-9-20-23(21-10-16)22-11-16/h4-7H,8-11H2,1-3H3,(H,17,18). The van der Waals surface area contributed by atoms with Gasteiger partial charge in [-0.25, -0.2) is 4.79 Å². The molecule has 23 heavy (non-hydrogen) atoms. The highest BCUT2D eigenvalue weighted by Crippen LogP contribution is 2.53. The van der Waals surface area contributed by atoms with Crippen molar-refractivity contribution in [3.63, 3.8) is 0 Å². The van der Waals surface area contributed by atoms with E-state index >= 15 is 0 Å². The minimum Gasteiger partial charge on any atom is -0.448 e. The van der Waals surface area contributed by atoms with E-state index in [1.54, 1.807) is 0 Å². The van der Waals surface area contributed by atoms with Gasteiger partial charge in [0.2, 0.25) is 0 Å². The monoisotopic (exact) mass is 339 g/mol. The van der Waals surface area contributed by atoms with Crippen LogP contribution in [0.4, 0.5) is 10.5 Å². The van der Waals surface area contributed by atoms with Crippen LogP contribution >= 0.6 is 8.60 Å². The fourth-order valence-electron chi connectivity index (χ4n) is 2.36. The van der Waals surface area contributed by atoms with Crippen LogP contribution in [0.3, 0.4) is 0 Å². The molecule has 6 nitrogen and oxygen atoms in total. The summed E-state index contributed by atoms with van der Waals surface area (Å²) in [7, 11) is -1.17. The van der Waals surface area contributed by atoms with Gasteiger partial charge in [-0.3, -0.25) is 5.32 Å². The van der Waals surface area contributed by atoms with Gasteiger partial charge in [0.15, 0.2) is 0 Å². The Morgan fingerprint density at radius 2 is 1.74 bits per heavy atom. The minimum atomic E-state index is -1.17. The van der Waals surface area contributed by atoms with Gasteiger partial charge in [-0.15, -0.1) is 0 Å². The van der Waals surface area contributed by atoms with E-state index in [1.807, 2.05) is 24.3 Å². The molecule has 3 aliphatic heterocycles. The molecule has 1 N–H and O–H groups in total. The molecule has 2 bridgehead atoms. The maximum Gasteiger partial charge on any atom is 0.411 e. The van der Waals surface area contributed by atoms with Gasteiger partial charge in [-0.1, -0.05) is 32.9 Å². The average Bonchev–Trinajstić information content (AvgIpc) is 2.55. The second-order valence-corrected chi connectivity index (χ2v) is 8.29. The normalized spacial score (nSPS) is 26.8. The van der Waals surface area contributed by atoms with Crippen molar-refractivity contribution in [2.45, 2.75) is 26.2 Å². The third kappa shape index (κ3) is 4.01. The first kappa shape index (κ1) is 16.7. The molecule has 0 saturated carbocycles. The predicted molar refractivity (Wildman–Crippen MR) is 87.3 cm³/mol. The maximum atomic E-state index is 12.0. The Bertz CT molecular complexity index is 547. The summed E-state index contributed by atoms with van der Waals surface area (Å²) in [5.41, 5.74) is 1.62. The van der Waals surface area contributed by atoms with Gasteiger partial charge in [-0.2, -0.15) is 0 Å². The van der Waals surface area contributed by atoms with E-state index in [0.29, 0.717) is 25.5 Å². The lowest BCUT2D eigenvalue weighted by molar-refractivity contribution is -0.0969. The van der Waals surface area contributed by atoms with Crippen LogP contribution in [-0.2, 0) is 23.7 Å². The summed E-state index contributed by atoms with van der Waals surface area (Å²) in [6, 6.07) is 7.77. The fourth-order valence-corrected chi connectivity index (χ4v) is 3.72. The molecule has 1 aromatic rings. The van der Waals surface area contributed by atoms with E-state index in [0.717, 1.165) is 0 Å². The van der Waals surface area contributed by atoms with Crippen molar-refractivity contribution in [3.05, 3.63) is 29.8 Å². The van der Waals surface area contributed by atoms with E-state index in [9.17, 15) is 4.79 Å². The molecular weight excluding hydrogens is 317 g/mol. The van der Waals surface area contributed by atoms with E-state index in [-0.39, 0.29) is 17.4 Å². The molecular formula is C16H22NO5P. The molecule has 0 unspecified atom stereocenters. The number of nitrogens with one attached hydrogen (secondary N) is 1. The summed E-state index contributed by atoms with van der Waals surface area (Å²) >= 11 is 0. The molecule has 3 saturated heterocycles. The smallest absolute Gasteiger partial charge is 0.411 e. The molecule has 1 amide bonds. The predicted octanol–water partition coefficient (Wildman–Crippen LogP) is 3.82. The molecule has 0 spiro atoms. The van der Waals surface area contributed by atoms with Gasteiger partial charge < -0.3 is 18.3 Å². The van der Waals surface area contributed by atoms with Gasteiger partial charge in [0.25, 0.3) is 0 Å². The van der Waals surface area contributed by atoms with Crippen LogP contribution in [0.1, 0.15) is 26.3 Å². The first-order valence-corrected chi connectivity index (χ1v) is 8.69. The molecule has 0 atom stereocenters. The third-order valence-corrected chi connectivity index (χ3v) is 4.95. The van der Waals surface area contributed by atoms with E-state index in [4.69, 9.17) is 18.3 Å². The molecule has 0 aromatic heterocycles. The molecule has 126 valence electrons. The molecule has 3 aliphatic rings. The second kappa shape index (κ2) is 6.36. The number of hydrogen-bond acceptors (Lipinski definition) is 5. The van der Waals surface area contributed by atoms with E-state index in [2.05, 4.69) is 26.1 Å². The van der Waals surface area contributed by atoms with Crippen LogP contribution in [0.5, 0.6) is 0 Å². The topological polar surface area (TPSA) is 66.0 Å². The fraction of sp³-hybridized carbons (Fsp3) is 0.562. The Kier molecular flexibility index (Phi) is 4.61. The highest BCUT2D eigenvalue weighted by molar-refractivity contribution is 7.41. The van der Waals surface area contributed by atoms with Crippen molar-refractivity contribution in [3.8, 4) is 0 Å². The molecule has 0 radical (unpaired) electrons. The second-order valence-electron chi connectivity index (χ2n) is 7.07. The number of hydrogen-bond donors (Lipinski definition) is 1. The van der Waals surface area contributed by atoms with Crippen LogP contribution < -0.4 is 5.32 Å². The lowest BCUT2D eigenvalue weighted by Gasteiger charge is -2.43. The van der Waals surface area contributed by atoms with Gasteiger partial charge in [0.1, 0.15) is 6.61 Å². The zero-order valence-electron chi connectivity index (χ0n) is 13.6. The number of rotatable bonds is 3. The van der Waals surface area contributed by atoms with Crippen molar-refractivity contribution >= 4 is 20.4 Å². The zero-order valence-corrected chi connectivity index (χ0v) is 14.5. The van der Waals surface area contributed by atoms with Crippen molar-refractivity contribution in [1.82, 2.24) is 0 Å². The maximum absolute atomic E-state index is 12.0. The first-order chi connectivity index (χ1) is 10.9. The van der Waals surface area contributed by atoms with Crippen molar-refractivity contribution in [2.75, 3.05) is 31.7 Å². The number of carbonyl (C=O) groups excluding carboxylic acids is 1. The number of carbonyl (C=O) groups is 1. The molecule has 7 heteroatoms. The number of amides is 1. The summed E-state index contributed by atoms with van der Waals surface area (Å²) in [5, 5.41) is 2.73. The van der Waals surface area contributed by atoms with Crippen LogP contribution in [-0.4, -0.2) is 32.5 Å². The summed E-state index contributed by atoms with van der Waals surface area (Å²) in [5.74, 6) is 0. The van der Waals surface area contributed by atoms with Gasteiger partial charge in [0.05, 0.1) is 25.2 Å². The summed E-state index contributed by atoms with van der Waals surface area (Å²) in [6.07, 6.45) is -0.485. The Labute approximate surface area is 137 Å². The number of anilines is 1. The number of fused-ring (bicyclic) bond motifs is 3. The third-order valence-electron chi connectivity index (χ3n) is 3.94. The molecule has 1 aromatic carbocycles. The Balaban J connectivity index is 1.51. The summed E-state index contributed by atoms with van der Waals surface area (Å²) in [6.45, 7) is 8.17. The van der Waals surface area contributed by atoms with Crippen LogP contribution in [0, 0.1) is 5.41 Å². The zero-order chi connectivity index (χ0) is 16.5. The highest BCUT2D eigenvalue weighted by atomic mass is 31.2. The van der Waals surface area contributed by atoms with Crippen molar-refractivity contribution < 1.29 is 23.1 Å². The lowest BCUT2D eigenvalue weighted by Crippen LogP contribution is -2.47. The van der Waals surface area contributed by atoms with Gasteiger partial charge in [0, 0.05) is 5.69 Å². The summed E-state index contributed by atoms with van der Waals surface area (Å²) in [4.78, 5) is 12.0. The van der Waals surface area contributed by atoms with Crippen LogP contribution in [0.25, 0.3) is 0 Å². The SMILES string of the molecule is CC(C)(C)c1ccc(NC(=O)OCC23COP(OC2)OC3)cc1. The average molecular weight is 339 g/mol. The quantitative estimate of drug-likeness (QED) is 0.848. The van der Waals surface area contributed by atoms with Crippen LogP contribution in [0.15, 0.2) is 24.3 Å². The van der Waals surface area contributed by atoms with E-state index < -0.39 is 14.7 Å². The molecule has 4 rings (SSSR count). The van der Waals surface area contributed by atoms with Crippen molar-refractivity contribution in [2.24, 2.45) is 5.41 Å². The van der Waals surface area contributed by atoms with Gasteiger partial charge in [-0.05, 0) is 23.1 Å². The number of ether oxygens (including phenoxy) is 1. The Morgan fingerprint density at radius 3 is 2.26 bits per heavy atom. The molecule has 3 fully saturated rings. The van der Waals surface area contributed by atoms with Crippen molar-refractivity contribution in [1.29, 1.82) is 0 Å². The largest absolute Gasteiger partial charge is 0.448 e. The summed E-state index contributed by atoms with van der Waals surface area (Å²) < 4.78 is 21.5. The number of benzene rings is 1. The van der Waals surface area contributed by atoms with E-state index in [1.165, 1.54) is 5.56 Å². The molecule has 0 aliphatic carbocycles. The van der Waals surface area contributed by atoms with Gasteiger partial charge >= 0.3 is 14.7 Å². The molecule has 3 heterocycles. The first-order valence-electron chi connectivity index (χ1n) is 7.60. The van der Waals surface area contributed by atoms with Crippen LogP contribution in [0.2, 0.25) is 0 Å².